The van der Waals surface area contributed by atoms with Crippen molar-refractivity contribution in [2.24, 2.45) is 0 Å². The normalized spacial score (nSPS) is 10.4. The Morgan fingerprint density at radius 2 is 1.79 bits per heavy atom. The van der Waals surface area contributed by atoms with Crippen LogP contribution in [0.2, 0.25) is 0 Å². The third kappa shape index (κ3) is 5.45. The number of nitrogens with one attached hydrogen (secondary N) is 2. The van der Waals surface area contributed by atoms with Gasteiger partial charge >= 0.3 is 5.97 Å². The molecule has 0 radical (unpaired) electrons. The molecular weight excluding hydrogens is 358 g/mol. The first-order valence-corrected chi connectivity index (χ1v) is 9.30. The highest BCUT2D eigenvalue weighted by molar-refractivity contribution is 5.93. The molecule has 7 nitrogen and oxygen atoms in total. The molecule has 0 aliphatic rings. The highest BCUT2D eigenvalue weighted by Gasteiger charge is 2.19. The third-order valence-corrected chi connectivity index (χ3v) is 4.26. The summed E-state index contributed by atoms with van der Waals surface area (Å²) in [5, 5.41) is 5.08. The van der Waals surface area contributed by atoms with Crippen molar-refractivity contribution in [3.8, 4) is 5.69 Å². The minimum absolute atomic E-state index is 0.141. The number of amides is 2. The molecule has 0 unspecified atom stereocenters. The maximum Gasteiger partial charge on any atom is 0.340 e. The summed E-state index contributed by atoms with van der Waals surface area (Å²) in [6.45, 7) is 7.67. The first-order chi connectivity index (χ1) is 13.3. The Labute approximate surface area is 165 Å². The molecular formula is C21H27N3O4. The van der Waals surface area contributed by atoms with Crippen molar-refractivity contribution >= 4 is 17.8 Å². The van der Waals surface area contributed by atoms with Crippen LogP contribution in [0.4, 0.5) is 0 Å². The Bertz CT molecular complexity index is 871. The van der Waals surface area contributed by atoms with E-state index in [9.17, 15) is 14.4 Å². The summed E-state index contributed by atoms with van der Waals surface area (Å²) in [6.07, 6.45) is 0.818. The molecule has 0 aliphatic heterocycles. The Hall–Kier alpha value is -3.09. The van der Waals surface area contributed by atoms with E-state index in [1.807, 2.05) is 56.5 Å². The molecule has 1 aromatic heterocycles. The van der Waals surface area contributed by atoms with Crippen LogP contribution in [0.15, 0.2) is 30.3 Å². The van der Waals surface area contributed by atoms with Crippen molar-refractivity contribution in [3.05, 3.63) is 52.8 Å². The molecule has 150 valence electrons. The topological polar surface area (TPSA) is 89.4 Å². The fourth-order valence-electron chi connectivity index (χ4n) is 2.90. The molecule has 2 aromatic rings. The number of aromatic nitrogens is 1. The number of benzene rings is 1. The molecule has 0 spiro atoms. The summed E-state index contributed by atoms with van der Waals surface area (Å²) >= 11 is 0. The van der Waals surface area contributed by atoms with Crippen molar-refractivity contribution in [1.29, 1.82) is 0 Å². The molecule has 0 saturated carbocycles. The lowest BCUT2D eigenvalue weighted by molar-refractivity contribution is -0.127. The van der Waals surface area contributed by atoms with Gasteiger partial charge in [-0.05, 0) is 51.0 Å². The summed E-state index contributed by atoms with van der Waals surface area (Å²) in [5.74, 6) is -1.37. The lowest BCUT2D eigenvalue weighted by Gasteiger charge is -2.11. The van der Waals surface area contributed by atoms with Crippen molar-refractivity contribution in [2.45, 2.75) is 34.1 Å². The van der Waals surface area contributed by atoms with Gasteiger partial charge in [0.15, 0.2) is 6.61 Å². The second-order valence-electron chi connectivity index (χ2n) is 6.66. The number of ether oxygens (including phenoxy) is 1. The number of nitrogens with zero attached hydrogens (tertiary/aromatic N) is 1. The molecule has 1 heterocycles. The van der Waals surface area contributed by atoms with Crippen LogP contribution in [0, 0.1) is 20.8 Å². The number of hydrogen-bond acceptors (Lipinski definition) is 4. The van der Waals surface area contributed by atoms with Crippen molar-refractivity contribution in [2.75, 3.05) is 19.7 Å². The lowest BCUT2D eigenvalue weighted by Crippen LogP contribution is -2.38. The van der Waals surface area contributed by atoms with E-state index in [-0.39, 0.29) is 12.5 Å². The van der Waals surface area contributed by atoms with Crippen LogP contribution in [0.3, 0.4) is 0 Å². The predicted octanol–water partition coefficient (Wildman–Crippen LogP) is 2.20. The van der Waals surface area contributed by atoms with Gasteiger partial charge in [-0.3, -0.25) is 9.59 Å². The molecule has 1 aromatic carbocycles. The van der Waals surface area contributed by atoms with E-state index in [2.05, 4.69) is 10.6 Å². The molecule has 2 rings (SSSR count). The van der Waals surface area contributed by atoms with Crippen LogP contribution in [0.25, 0.3) is 5.69 Å². The number of hydrogen-bond donors (Lipinski definition) is 2. The lowest BCUT2D eigenvalue weighted by atomic mass is 10.2. The molecule has 28 heavy (non-hydrogen) atoms. The van der Waals surface area contributed by atoms with Crippen LogP contribution in [-0.4, -0.2) is 42.0 Å². The van der Waals surface area contributed by atoms with E-state index in [1.165, 1.54) is 0 Å². The number of carbonyl (C=O) groups is 3. The fourth-order valence-corrected chi connectivity index (χ4v) is 2.90. The van der Waals surface area contributed by atoms with Gasteiger partial charge in [0.2, 0.25) is 5.91 Å². The minimum atomic E-state index is -0.572. The second kappa shape index (κ2) is 9.73. The predicted molar refractivity (Wildman–Crippen MR) is 107 cm³/mol. The molecule has 0 bridgehead atoms. The quantitative estimate of drug-likeness (QED) is 0.682. The van der Waals surface area contributed by atoms with Crippen LogP contribution in [0.1, 0.15) is 40.7 Å². The Kier molecular flexibility index (Phi) is 7.37. The van der Waals surface area contributed by atoms with E-state index in [0.717, 1.165) is 29.1 Å². The summed E-state index contributed by atoms with van der Waals surface area (Å²) < 4.78 is 7.09. The molecule has 0 fully saturated rings. The van der Waals surface area contributed by atoms with E-state index in [1.54, 1.807) is 6.07 Å². The maximum absolute atomic E-state index is 12.4. The Morgan fingerprint density at radius 3 is 2.46 bits per heavy atom. The van der Waals surface area contributed by atoms with Crippen LogP contribution in [0.5, 0.6) is 0 Å². The monoisotopic (exact) mass is 385 g/mol. The van der Waals surface area contributed by atoms with Gasteiger partial charge in [0, 0.05) is 23.6 Å². The smallest absolute Gasteiger partial charge is 0.340 e. The minimum Gasteiger partial charge on any atom is -0.452 e. The van der Waals surface area contributed by atoms with Gasteiger partial charge in [0.1, 0.15) is 0 Å². The van der Waals surface area contributed by atoms with Crippen molar-refractivity contribution in [3.63, 3.8) is 0 Å². The molecule has 0 aliphatic carbocycles. The number of aryl methyl sites for hydroxylation is 2. The van der Waals surface area contributed by atoms with Crippen molar-refractivity contribution < 1.29 is 19.1 Å². The zero-order chi connectivity index (χ0) is 20.7. The van der Waals surface area contributed by atoms with Crippen LogP contribution in [-0.2, 0) is 14.3 Å². The average Bonchev–Trinajstić information content (AvgIpc) is 2.96. The van der Waals surface area contributed by atoms with E-state index in [4.69, 9.17) is 4.74 Å². The zero-order valence-corrected chi connectivity index (χ0v) is 16.8. The van der Waals surface area contributed by atoms with Gasteiger partial charge in [-0.15, -0.1) is 0 Å². The fraction of sp³-hybridized carbons (Fsp3) is 0.381. The summed E-state index contributed by atoms with van der Waals surface area (Å²) in [6, 6.07) is 9.72. The first kappa shape index (κ1) is 21.2. The largest absolute Gasteiger partial charge is 0.452 e. The molecule has 7 heteroatoms. The molecule has 0 atom stereocenters. The van der Waals surface area contributed by atoms with Crippen LogP contribution < -0.4 is 10.6 Å². The van der Waals surface area contributed by atoms with E-state index >= 15 is 0 Å². The van der Waals surface area contributed by atoms with Gasteiger partial charge in [-0.2, -0.15) is 0 Å². The van der Waals surface area contributed by atoms with Gasteiger partial charge in [0.25, 0.3) is 5.91 Å². The van der Waals surface area contributed by atoms with Crippen molar-refractivity contribution in [1.82, 2.24) is 15.2 Å². The number of esters is 1. The first-order valence-electron chi connectivity index (χ1n) is 9.30. The van der Waals surface area contributed by atoms with Gasteiger partial charge in [0.05, 0.1) is 12.1 Å². The zero-order valence-electron chi connectivity index (χ0n) is 16.8. The third-order valence-electron chi connectivity index (χ3n) is 4.26. The van der Waals surface area contributed by atoms with Gasteiger partial charge in [-0.1, -0.05) is 19.1 Å². The van der Waals surface area contributed by atoms with E-state index in [0.29, 0.717) is 12.1 Å². The molecule has 0 saturated heterocycles. The standard InChI is InChI=1S/C21H27N3O4/c1-5-9-22-19(25)12-23-20(26)13-28-21(27)18-11-15(3)24(16(18)4)17-8-6-7-14(2)10-17/h6-8,10-11H,5,9,12-13H2,1-4H3,(H,22,25)(H,23,26). The summed E-state index contributed by atoms with van der Waals surface area (Å²) in [7, 11) is 0. The van der Waals surface area contributed by atoms with Gasteiger partial charge < -0.3 is 19.9 Å². The highest BCUT2D eigenvalue weighted by Crippen LogP contribution is 2.22. The maximum atomic E-state index is 12.4. The molecule has 2 amide bonds. The average molecular weight is 385 g/mol. The molecule has 2 N–H and O–H groups in total. The van der Waals surface area contributed by atoms with Crippen LogP contribution >= 0.6 is 0 Å². The second-order valence-corrected chi connectivity index (χ2v) is 6.66. The summed E-state index contributed by atoms with van der Waals surface area (Å²) in [5.41, 5.74) is 4.13. The Morgan fingerprint density at radius 1 is 1.04 bits per heavy atom. The SMILES string of the molecule is CCCNC(=O)CNC(=O)COC(=O)c1cc(C)n(-c2cccc(C)c2)c1C. The van der Waals surface area contributed by atoms with E-state index < -0.39 is 18.5 Å². The summed E-state index contributed by atoms with van der Waals surface area (Å²) in [4.78, 5) is 35.7. The Balaban J connectivity index is 1.97. The highest BCUT2D eigenvalue weighted by atomic mass is 16.5. The number of rotatable bonds is 8. The van der Waals surface area contributed by atoms with Gasteiger partial charge in [-0.25, -0.2) is 4.79 Å². The number of carbonyl (C=O) groups excluding carboxylic acids is 3.